The van der Waals surface area contributed by atoms with Crippen molar-refractivity contribution in [3.8, 4) is 0 Å². The molecular formula is C22H20. The van der Waals surface area contributed by atoms with Gasteiger partial charge in [-0.1, -0.05) is 80.6 Å². The Morgan fingerprint density at radius 2 is 1.55 bits per heavy atom. The maximum absolute atomic E-state index is 2.35. The topological polar surface area (TPSA) is 0 Å². The summed E-state index contributed by atoms with van der Waals surface area (Å²) in [7, 11) is 0. The number of allylic oxidation sites excluding steroid dienone is 4. The summed E-state index contributed by atoms with van der Waals surface area (Å²) in [5.74, 6) is 0.495. The lowest BCUT2D eigenvalue weighted by atomic mass is 9.69. The van der Waals surface area contributed by atoms with E-state index in [4.69, 9.17) is 0 Å². The van der Waals surface area contributed by atoms with Gasteiger partial charge in [-0.2, -0.15) is 0 Å². The summed E-state index contributed by atoms with van der Waals surface area (Å²) in [5.41, 5.74) is 1.47. The van der Waals surface area contributed by atoms with Gasteiger partial charge in [0.1, 0.15) is 0 Å². The molecule has 1 aliphatic carbocycles. The quantitative estimate of drug-likeness (QED) is 0.480. The fraction of sp³-hybridized carbons (Fsp3) is 0.182. The van der Waals surface area contributed by atoms with Crippen molar-refractivity contribution in [3.05, 3.63) is 84.5 Å². The molecule has 0 fully saturated rings. The van der Waals surface area contributed by atoms with Crippen molar-refractivity contribution in [3.63, 3.8) is 0 Å². The van der Waals surface area contributed by atoms with Gasteiger partial charge in [0.15, 0.2) is 0 Å². The SMILES string of the molecule is CC1C=CC=CC1(C)c1cccc2cc3ccccc3cc12. The molecule has 0 saturated heterocycles. The van der Waals surface area contributed by atoms with E-state index in [1.807, 2.05) is 0 Å². The van der Waals surface area contributed by atoms with Crippen LogP contribution in [-0.2, 0) is 5.41 Å². The van der Waals surface area contributed by atoms with Crippen molar-refractivity contribution >= 4 is 21.5 Å². The predicted octanol–water partition coefficient (Wildman–Crippen LogP) is 6.01. The highest BCUT2D eigenvalue weighted by molar-refractivity contribution is 6.00. The zero-order valence-corrected chi connectivity index (χ0v) is 13.1. The molecule has 0 heteroatoms. The van der Waals surface area contributed by atoms with Crippen molar-refractivity contribution in [2.24, 2.45) is 5.92 Å². The molecule has 2 atom stereocenters. The third-order valence-electron chi connectivity index (χ3n) is 5.23. The molecule has 0 amide bonds. The van der Waals surface area contributed by atoms with E-state index in [2.05, 4.69) is 92.7 Å². The van der Waals surface area contributed by atoms with Crippen molar-refractivity contribution in [1.29, 1.82) is 0 Å². The third-order valence-corrected chi connectivity index (χ3v) is 5.23. The maximum atomic E-state index is 2.35. The first-order valence-electron chi connectivity index (χ1n) is 7.96. The van der Waals surface area contributed by atoms with Crippen LogP contribution in [-0.4, -0.2) is 0 Å². The lowest BCUT2D eigenvalue weighted by molar-refractivity contribution is 0.461. The van der Waals surface area contributed by atoms with Gasteiger partial charge in [-0.15, -0.1) is 0 Å². The summed E-state index contributed by atoms with van der Waals surface area (Å²) in [6.07, 6.45) is 8.99. The van der Waals surface area contributed by atoms with Crippen molar-refractivity contribution in [2.75, 3.05) is 0 Å². The maximum Gasteiger partial charge on any atom is 0.0173 e. The van der Waals surface area contributed by atoms with E-state index in [1.165, 1.54) is 27.1 Å². The second-order valence-corrected chi connectivity index (χ2v) is 6.54. The molecule has 0 aliphatic heterocycles. The second kappa shape index (κ2) is 4.84. The Balaban J connectivity index is 2.04. The van der Waals surface area contributed by atoms with Crippen LogP contribution in [0, 0.1) is 5.92 Å². The van der Waals surface area contributed by atoms with Gasteiger partial charge >= 0.3 is 0 Å². The zero-order valence-electron chi connectivity index (χ0n) is 13.1. The molecule has 2 unspecified atom stereocenters. The fourth-order valence-electron chi connectivity index (χ4n) is 3.61. The predicted molar refractivity (Wildman–Crippen MR) is 96.3 cm³/mol. The molecule has 0 saturated carbocycles. The van der Waals surface area contributed by atoms with Gasteiger partial charge in [0.2, 0.25) is 0 Å². The molecule has 22 heavy (non-hydrogen) atoms. The number of hydrogen-bond donors (Lipinski definition) is 0. The summed E-state index contributed by atoms with van der Waals surface area (Å²) in [4.78, 5) is 0. The second-order valence-electron chi connectivity index (χ2n) is 6.54. The number of rotatable bonds is 1. The first-order chi connectivity index (χ1) is 10.7. The Kier molecular flexibility index (Phi) is 2.94. The lowest BCUT2D eigenvalue weighted by Crippen LogP contribution is -2.28. The van der Waals surface area contributed by atoms with Crippen LogP contribution in [0.5, 0.6) is 0 Å². The molecule has 0 bridgehead atoms. The summed E-state index contributed by atoms with van der Waals surface area (Å²) in [5, 5.41) is 5.32. The van der Waals surface area contributed by atoms with Gasteiger partial charge in [-0.05, 0) is 45.2 Å². The van der Waals surface area contributed by atoms with Crippen LogP contribution in [0.3, 0.4) is 0 Å². The van der Waals surface area contributed by atoms with E-state index in [-0.39, 0.29) is 5.41 Å². The Morgan fingerprint density at radius 1 is 0.818 bits per heavy atom. The summed E-state index contributed by atoms with van der Waals surface area (Å²) in [6, 6.07) is 20.0. The van der Waals surface area contributed by atoms with Crippen LogP contribution in [0.25, 0.3) is 21.5 Å². The highest BCUT2D eigenvalue weighted by atomic mass is 14.3. The van der Waals surface area contributed by atoms with Crippen LogP contribution < -0.4 is 0 Å². The average molecular weight is 284 g/mol. The minimum atomic E-state index is 0.0523. The summed E-state index contributed by atoms with van der Waals surface area (Å²) >= 11 is 0. The van der Waals surface area contributed by atoms with E-state index in [0.29, 0.717) is 5.92 Å². The molecule has 0 heterocycles. The third kappa shape index (κ3) is 1.91. The van der Waals surface area contributed by atoms with E-state index in [1.54, 1.807) is 0 Å². The smallest absolute Gasteiger partial charge is 0.0173 e. The molecular weight excluding hydrogens is 264 g/mol. The molecule has 0 N–H and O–H groups in total. The Bertz CT molecular complexity index is 914. The summed E-state index contributed by atoms with van der Waals surface area (Å²) < 4.78 is 0. The van der Waals surface area contributed by atoms with Gasteiger partial charge in [-0.25, -0.2) is 0 Å². The van der Waals surface area contributed by atoms with Gasteiger partial charge in [0, 0.05) is 5.41 Å². The van der Waals surface area contributed by atoms with Gasteiger partial charge in [0.05, 0.1) is 0 Å². The van der Waals surface area contributed by atoms with Crippen LogP contribution >= 0.6 is 0 Å². The highest BCUT2D eigenvalue weighted by Crippen LogP contribution is 2.40. The van der Waals surface area contributed by atoms with Crippen molar-refractivity contribution in [1.82, 2.24) is 0 Å². The Morgan fingerprint density at radius 3 is 2.32 bits per heavy atom. The monoisotopic (exact) mass is 284 g/mol. The van der Waals surface area contributed by atoms with Crippen LogP contribution in [0.1, 0.15) is 19.4 Å². The number of benzene rings is 3. The van der Waals surface area contributed by atoms with E-state index < -0.39 is 0 Å². The van der Waals surface area contributed by atoms with Crippen molar-refractivity contribution < 1.29 is 0 Å². The zero-order chi connectivity index (χ0) is 15.2. The van der Waals surface area contributed by atoms with E-state index in [9.17, 15) is 0 Å². The standard InChI is InChI=1S/C22H20/c1-16-8-5-6-13-22(16,2)21-12-7-11-19-14-17-9-3-4-10-18(17)15-20(19)21/h3-16H,1-2H3. The van der Waals surface area contributed by atoms with Crippen LogP contribution in [0.2, 0.25) is 0 Å². The molecule has 3 aromatic rings. The van der Waals surface area contributed by atoms with Gasteiger partial charge < -0.3 is 0 Å². The molecule has 4 rings (SSSR count). The van der Waals surface area contributed by atoms with Gasteiger partial charge in [-0.3, -0.25) is 0 Å². The molecule has 0 nitrogen and oxygen atoms in total. The number of fused-ring (bicyclic) bond motifs is 2. The van der Waals surface area contributed by atoms with Crippen LogP contribution in [0.15, 0.2) is 78.9 Å². The minimum Gasteiger partial charge on any atom is -0.0805 e. The molecule has 0 spiro atoms. The Labute approximate surface area is 131 Å². The largest absolute Gasteiger partial charge is 0.0805 e. The minimum absolute atomic E-state index is 0.0523. The van der Waals surface area contributed by atoms with Crippen molar-refractivity contribution in [2.45, 2.75) is 19.3 Å². The molecule has 3 aromatic carbocycles. The lowest BCUT2D eigenvalue weighted by Gasteiger charge is -2.34. The Hall–Kier alpha value is -2.34. The van der Waals surface area contributed by atoms with Crippen LogP contribution in [0.4, 0.5) is 0 Å². The first-order valence-corrected chi connectivity index (χ1v) is 7.96. The fourth-order valence-corrected chi connectivity index (χ4v) is 3.61. The first kappa shape index (κ1) is 13.3. The highest BCUT2D eigenvalue weighted by Gasteiger charge is 2.31. The molecule has 1 aliphatic rings. The van der Waals surface area contributed by atoms with E-state index >= 15 is 0 Å². The van der Waals surface area contributed by atoms with Gasteiger partial charge in [0.25, 0.3) is 0 Å². The molecule has 0 radical (unpaired) electrons. The summed E-state index contributed by atoms with van der Waals surface area (Å²) in [6.45, 7) is 4.65. The van der Waals surface area contributed by atoms with E-state index in [0.717, 1.165) is 0 Å². The average Bonchev–Trinajstić information content (AvgIpc) is 2.55. The molecule has 108 valence electrons. The normalized spacial score (nSPS) is 24.2. The number of hydrogen-bond acceptors (Lipinski definition) is 0. The molecule has 0 aromatic heterocycles.